The number of anilines is 3. The second-order valence-electron chi connectivity index (χ2n) is 15.9. The predicted molar refractivity (Wildman–Crippen MR) is 269 cm³/mol. The Bertz CT molecular complexity index is 2740. The van der Waals surface area contributed by atoms with Crippen molar-refractivity contribution in [3.05, 3.63) is 117 Å². The lowest BCUT2D eigenvalue weighted by Crippen LogP contribution is -2.41. The van der Waals surface area contributed by atoms with Crippen LogP contribution >= 0.6 is 37.2 Å². The van der Waals surface area contributed by atoms with Crippen LogP contribution in [0.1, 0.15) is 81.7 Å². The molecule has 0 radical (unpaired) electrons. The van der Waals surface area contributed by atoms with Crippen LogP contribution in [-0.2, 0) is 18.9 Å². The molecule has 0 aliphatic carbocycles. The number of nitrogens with zero attached hydrogens (tertiary/aromatic N) is 5. The first kappa shape index (κ1) is 56.4. The normalized spacial score (nSPS) is 11.5. The Balaban J connectivity index is 0.00000420. The molecule has 3 heterocycles. The number of aryl methyl sites for hydroxylation is 2. The molecule has 0 unspecified atom stereocenters. The van der Waals surface area contributed by atoms with Crippen molar-refractivity contribution in [1.82, 2.24) is 35.3 Å². The van der Waals surface area contributed by atoms with Gasteiger partial charge in [0.05, 0.1) is 27.5 Å². The summed E-state index contributed by atoms with van der Waals surface area (Å²) in [5.74, 6) is -4.03. The molecule has 370 valence electrons. The zero-order valence-corrected chi connectivity index (χ0v) is 40.7. The minimum atomic E-state index is -0.878. The smallest absolute Gasteiger partial charge is 0.272 e. The minimum Gasteiger partial charge on any atom is -0.352 e. The molecule has 7 amide bonds. The molecule has 2 aromatic heterocycles. The van der Waals surface area contributed by atoms with E-state index in [2.05, 4.69) is 31.9 Å². The van der Waals surface area contributed by atoms with Crippen LogP contribution in [0.4, 0.5) is 22.7 Å². The average molecular weight is 1010 g/mol. The van der Waals surface area contributed by atoms with E-state index in [9.17, 15) is 43.7 Å². The molecule has 24 heteroatoms. The van der Waals surface area contributed by atoms with Gasteiger partial charge in [-0.25, -0.2) is 4.90 Å². The van der Waals surface area contributed by atoms with Crippen molar-refractivity contribution < 1.29 is 38.5 Å². The largest absolute Gasteiger partial charge is 0.352 e. The van der Waals surface area contributed by atoms with Crippen LogP contribution in [0.5, 0.6) is 0 Å². The van der Waals surface area contributed by atoms with Crippen molar-refractivity contribution in [3.8, 4) is 0 Å². The monoisotopic (exact) mass is 1010 g/mol. The van der Waals surface area contributed by atoms with Gasteiger partial charge in [0.2, 0.25) is 5.91 Å². The first-order chi connectivity index (χ1) is 31.6. The Hall–Kier alpha value is -6.88. The average Bonchev–Trinajstić information content (AvgIpc) is 3.84. The molecule has 1 aliphatic heterocycles. The lowest BCUT2D eigenvalue weighted by atomic mass is 9.92. The summed E-state index contributed by atoms with van der Waals surface area (Å²) >= 11 is 0. The Kier molecular flexibility index (Phi) is 20.8. The fraction of sp³-hybridized carbons (Fsp3) is 0.311. The molecule has 0 saturated carbocycles. The number of rotatable bonds is 21. The van der Waals surface area contributed by atoms with E-state index in [-0.39, 0.29) is 114 Å². The number of nitro groups is 1. The molecule has 5 aromatic rings. The van der Waals surface area contributed by atoms with E-state index in [0.29, 0.717) is 48.6 Å². The Morgan fingerprint density at radius 1 is 0.681 bits per heavy atom. The Morgan fingerprint density at radius 2 is 1.26 bits per heavy atom. The van der Waals surface area contributed by atoms with Gasteiger partial charge in [0, 0.05) is 106 Å². The van der Waals surface area contributed by atoms with E-state index in [4.69, 9.17) is 5.73 Å². The number of halogens is 3. The third-order valence-corrected chi connectivity index (χ3v) is 10.6. The molecule has 0 saturated heterocycles. The lowest BCUT2D eigenvalue weighted by Gasteiger charge is -2.27. The number of nitrogens with two attached hydrogens (primary N) is 1. The molecule has 0 bridgehead atoms. The van der Waals surface area contributed by atoms with Crippen LogP contribution in [0.2, 0.25) is 0 Å². The van der Waals surface area contributed by atoms with Gasteiger partial charge in [-0.15, -0.1) is 37.2 Å². The molecular weight excluding hydrogens is 959 g/mol. The predicted octanol–water partition coefficient (Wildman–Crippen LogP) is 3.85. The molecule has 6 rings (SSSR count). The van der Waals surface area contributed by atoms with Gasteiger partial charge in [-0.2, -0.15) is 0 Å². The first-order valence-corrected chi connectivity index (χ1v) is 21.1. The number of non-ortho nitro benzene ring substituents is 1. The molecule has 3 aromatic carbocycles. The molecule has 0 spiro atoms. The molecule has 1 aliphatic rings. The molecule has 0 fully saturated rings. The van der Waals surface area contributed by atoms with E-state index in [0.717, 1.165) is 23.9 Å². The Morgan fingerprint density at radius 3 is 1.88 bits per heavy atom. The minimum absolute atomic E-state index is 0. The topological polar surface area (TPSA) is 277 Å². The molecule has 0 atom stereocenters. The summed E-state index contributed by atoms with van der Waals surface area (Å²) in [4.78, 5) is 108. The van der Waals surface area contributed by atoms with Crippen molar-refractivity contribution in [2.45, 2.75) is 19.3 Å². The molecular formula is C45H55Cl3N12O9. The van der Waals surface area contributed by atoms with Crippen molar-refractivity contribution in [3.63, 3.8) is 0 Å². The highest BCUT2D eigenvalue weighted by Gasteiger charge is 2.36. The van der Waals surface area contributed by atoms with E-state index in [1.54, 1.807) is 47.8 Å². The standard InChI is InChI=1S/C45H52N12O9.3ClH/c1-53(2)17-7-13-49-42(61)36-23-31(26-54(36)3)52-43(62)37-22-30(25-55(37)4)51-38(58)10-6-12-48-40(59)28-18-29(41(60)50-16-15-47-14-11-46)21-32(20-28)56-44(63)34-9-5-8-27-19-33(57(65)66)24-35(39(27)34)45(56)64;;;/h5,8-9,18-26,47H,6-7,10-17,46H2,1-4H3,(H,48,59)(H,49,61)(H,50,60)(H,51,58)(H,52,62);3*1H. The first-order valence-electron chi connectivity index (χ1n) is 21.1. The number of carbonyl (C=O) groups excluding carboxylic acids is 7. The molecule has 69 heavy (non-hydrogen) atoms. The maximum atomic E-state index is 14.0. The summed E-state index contributed by atoms with van der Waals surface area (Å²) in [5.41, 5.74) is 6.33. The van der Waals surface area contributed by atoms with E-state index in [1.165, 1.54) is 42.5 Å². The number of hydrogen-bond acceptors (Lipinski definition) is 12. The second-order valence-corrected chi connectivity index (χ2v) is 15.9. The van der Waals surface area contributed by atoms with Crippen LogP contribution in [0.15, 0.2) is 73.1 Å². The summed E-state index contributed by atoms with van der Waals surface area (Å²) in [7, 11) is 7.26. The third-order valence-electron chi connectivity index (χ3n) is 10.6. The number of nitro benzene ring substituents is 1. The van der Waals surface area contributed by atoms with E-state index < -0.39 is 40.4 Å². The Labute approximate surface area is 415 Å². The van der Waals surface area contributed by atoms with Gasteiger partial charge in [-0.1, -0.05) is 12.1 Å². The maximum Gasteiger partial charge on any atom is 0.272 e. The van der Waals surface area contributed by atoms with Gasteiger partial charge in [-0.05, 0) is 75.3 Å². The summed E-state index contributed by atoms with van der Waals surface area (Å²) in [6, 6.07) is 13.9. The highest BCUT2D eigenvalue weighted by Crippen LogP contribution is 2.36. The van der Waals surface area contributed by atoms with Gasteiger partial charge >= 0.3 is 0 Å². The van der Waals surface area contributed by atoms with E-state index >= 15 is 0 Å². The fourth-order valence-corrected chi connectivity index (χ4v) is 7.40. The summed E-state index contributed by atoms with van der Waals surface area (Å²) < 4.78 is 3.16. The highest BCUT2D eigenvalue weighted by molar-refractivity contribution is 6.36. The number of amides is 7. The van der Waals surface area contributed by atoms with Crippen LogP contribution < -0.4 is 42.5 Å². The van der Waals surface area contributed by atoms with Crippen LogP contribution in [0.3, 0.4) is 0 Å². The highest BCUT2D eigenvalue weighted by atomic mass is 35.5. The van der Waals surface area contributed by atoms with Gasteiger partial charge in [0.1, 0.15) is 11.4 Å². The summed E-state index contributed by atoms with van der Waals surface area (Å²) in [6.45, 7) is 2.84. The van der Waals surface area contributed by atoms with Crippen molar-refractivity contribution in [2.24, 2.45) is 19.8 Å². The molecule has 21 nitrogen and oxygen atoms in total. The van der Waals surface area contributed by atoms with Crippen LogP contribution in [0, 0.1) is 10.1 Å². The van der Waals surface area contributed by atoms with Crippen LogP contribution in [-0.4, -0.2) is 120 Å². The number of benzene rings is 3. The number of aromatic nitrogens is 2. The zero-order chi connectivity index (χ0) is 47.7. The number of hydrogen-bond donors (Lipinski definition) is 7. The second kappa shape index (κ2) is 25.5. The number of nitrogens with one attached hydrogen (secondary N) is 6. The van der Waals surface area contributed by atoms with Gasteiger partial charge in [0.15, 0.2) is 0 Å². The third kappa shape index (κ3) is 13.9. The van der Waals surface area contributed by atoms with Crippen molar-refractivity contribution >= 4 is 112 Å². The van der Waals surface area contributed by atoms with Gasteiger partial charge < -0.3 is 51.7 Å². The van der Waals surface area contributed by atoms with Gasteiger partial charge in [0.25, 0.3) is 41.1 Å². The SMILES string of the molecule is CN(C)CCCNC(=O)c1cc(NC(=O)c2cc(NC(=O)CCCNC(=O)c3cc(C(=O)NCCNCCN)cc(N4C(=O)c5cccc6cc([N+](=O)[O-])cc(c56)C4=O)c3)cn2C)cn1C.Cl.Cl.Cl. The van der Waals surface area contributed by atoms with Gasteiger partial charge in [-0.3, -0.25) is 43.7 Å². The summed E-state index contributed by atoms with van der Waals surface area (Å²) in [5, 5.41) is 29.2. The molecule has 8 N–H and O–H groups in total. The van der Waals surface area contributed by atoms with Crippen LogP contribution in [0.25, 0.3) is 10.8 Å². The zero-order valence-electron chi connectivity index (χ0n) is 38.2. The fourth-order valence-electron chi connectivity index (χ4n) is 7.40. The summed E-state index contributed by atoms with van der Waals surface area (Å²) in [6.07, 6.45) is 4.14. The number of carbonyl (C=O) groups is 7. The maximum absolute atomic E-state index is 14.0. The number of imide groups is 1. The lowest BCUT2D eigenvalue weighted by molar-refractivity contribution is -0.384. The van der Waals surface area contributed by atoms with E-state index in [1.807, 2.05) is 19.0 Å². The van der Waals surface area contributed by atoms with Crippen molar-refractivity contribution in [1.29, 1.82) is 0 Å². The van der Waals surface area contributed by atoms with Crippen molar-refractivity contribution in [2.75, 3.05) is 75.4 Å². The quantitative estimate of drug-likeness (QED) is 0.0239.